The van der Waals surface area contributed by atoms with Crippen LogP contribution in [0.1, 0.15) is 52.9 Å². The highest BCUT2D eigenvalue weighted by molar-refractivity contribution is 5.92. The Kier molecular flexibility index (Phi) is 4.97. The quantitative estimate of drug-likeness (QED) is 0.743. The van der Waals surface area contributed by atoms with Crippen molar-refractivity contribution in [1.29, 1.82) is 0 Å². The molecule has 0 aliphatic carbocycles. The molecule has 1 aliphatic heterocycles. The van der Waals surface area contributed by atoms with Gasteiger partial charge in [-0.1, -0.05) is 26.2 Å². The summed E-state index contributed by atoms with van der Waals surface area (Å²) in [7, 11) is 0. The van der Waals surface area contributed by atoms with Gasteiger partial charge in [0, 0.05) is 19.5 Å². The third kappa shape index (κ3) is 4.02. The Hall–Kier alpha value is -1.06. The van der Waals surface area contributed by atoms with Gasteiger partial charge in [-0.15, -0.1) is 0 Å². The van der Waals surface area contributed by atoms with Crippen LogP contribution in [-0.2, 0) is 9.59 Å². The van der Waals surface area contributed by atoms with E-state index in [0.29, 0.717) is 13.0 Å². The number of hydrogen-bond donors (Lipinski definition) is 1. The molecule has 2 amide bonds. The van der Waals surface area contributed by atoms with Crippen LogP contribution < -0.4 is 5.32 Å². The van der Waals surface area contributed by atoms with Crippen molar-refractivity contribution in [1.82, 2.24) is 10.2 Å². The van der Waals surface area contributed by atoms with Crippen molar-refractivity contribution in [2.24, 2.45) is 0 Å². The maximum Gasteiger partial charge on any atom is 0.247 e. The van der Waals surface area contributed by atoms with Gasteiger partial charge in [-0.05, 0) is 20.3 Å². The van der Waals surface area contributed by atoms with Crippen LogP contribution in [0.5, 0.6) is 0 Å². The molecule has 1 fully saturated rings. The van der Waals surface area contributed by atoms with Gasteiger partial charge in [0.15, 0.2) is 0 Å². The van der Waals surface area contributed by atoms with Gasteiger partial charge in [-0.25, -0.2) is 0 Å². The minimum absolute atomic E-state index is 0.0283. The molecule has 4 nitrogen and oxygen atoms in total. The minimum atomic E-state index is -0.752. The summed E-state index contributed by atoms with van der Waals surface area (Å²) in [6, 6.07) is 0. The van der Waals surface area contributed by atoms with Crippen molar-refractivity contribution in [3.05, 3.63) is 0 Å². The van der Waals surface area contributed by atoms with Crippen LogP contribution in [-0.4, -0.2) is 35.3 Å². The predicted octanol–water partition coefficient (Wildman–Crippen LogP) is 1.69. The number of unbranched alkanes of at least 4 members (excludes halogenated alkanes) is 3. The lowest BCUT2D eigenvalue weighted by Gasteiger charge is -2.28. The third-order valence-corrected chi connectivity index (χ3v) is 3.16. The van der Waals surface area contributed by atoms with Crippen molar-refractivity contribution in [3.8, 4) is 0 Å². The van der Waals surface area contributed by atoms with Gasteiger partial charge in [0.05, 0.1) is 0 Å². The van der Waals surface area contributed by atoms with Crippen molar-refractivity contribution < 1.29 is 9.59 Å². The molecule has 0 aromatic rings. The number of rotatable bonds is 5. The zero-order valence-corrected chi connectivity index (χ0v) is 11.2. The zero-order chi connectivity index (χ0) is 12.9. The first-order valence-corrected chi connectivity index (χ1v) is 6.57. The van der Waals surface area contributed by atoms with Crippen LogP contribution in [0.3, 0.4) is 0 Å². The highest BCUT2D eigenvalue weighted by atomic mass is 16.2. The van der Waals surface area contributed by atoms with E-state index in [2.05, 4.69) is 12.2 Å². The fourth-order valence-corrected chi connectivity index (χ4v) is 2.14. The smallest absolute Gasteiger partial charge is 0.247 e. The number of hydrogen-bond acceptors (Lipinski definition) is 2. The molecular formula is C13H24N2O2. The Labute approximate surface area is 104 Å². The second-order valence-electron chi connectivity index (χ2n) is 5.28. The van der Waals surface area contributed by atoms with Crippen molar-refractivity contribution in [3.63, 3.8) is 0 Å². The summed E-state index contributed by atoms with van der Waals surface area (Å²) in [6.45, 7) is 7.05. The van der Waals surface area contributed by atoms with E-state index in [4.69, 9.17) is 0 Å². The lowest BCUT2D eigenvalue weighted by Crippen LogP contribution is -2.52. The average Bonchev–Trinajstić information content (AvgIpc) is 2.34. The monoisotopic (exact) mass is 240 g/mol. The molecule has 1 aliphatic rings. The minimum Gasteiger partial charge on any atom is -0.342 e. The highest BCUT2D eigenvalue weighted by Gasteiger charge is 2.35. The van der Waals surface area contributed by atoms with Crippen molar-refractivity contribution >= 4 is 11.8 Å². The maximum absolute atomic E-state index is 12.2. The Morgan fingerprint density at radius 3 is 2.59 bits per heavy atom. The van der Waals surface area contributed by atoms with E-state index in [0.717, 1.165) is 19.4 Å². The third-order valence-electron chi connectivity index (χ3n) is 3.16. The number of nitrogens with one attached hydrogen (secondary N) is 1. The number of amides is 2. The molecule has 1 N–H and O–H groups in total. The molecule has 0 bridgehead atoms. The van der Waals surface area contributed by atoms with E-state index in [-0.39, 0.29) is 11.8 Å². The van der Waals surface area contributed by atoms with Crippen LogP contribution in [0.4, 0.5) is 0 Å². The van der Waals surface area contributed by atoms with Crippen LogP contribution in [0.25, 0.3) is 0 Å². The molecule has 0 spiro atoms. The predicted molar refractivity (Wildman–Crippen MR) is 67.6 cm³/mol. The summed E-state index contributed by atoms with van der Waals surface area (Å²) in [4.78, 5) is 25.5. The first-order valence-electron chi connectivity index (χ1n) is 6.57. The molecule has 1 rings (SSSR count). The van der Waals surface area contributed by atoms with Crippen LogP contribution >= 0.6 is 0 Å². The summed E-state index contributed by atoms with van der Waals surface area (Å²) < 4.78 is 0. The van der Waals surface area contributed by atoms with Crippen LogP contribution in [0.2, 0.25) is 0 Å². The van der Waals surface area contributed by atoms with E-state index >= 15 is 0 Å². The van der Waals surface area contributed by atoms with Gasteiger partial charge in [-0.3, -0.25) is 9.59 Å². The lowest BCUT2D eigenvalue weighted by molar-refractivity contribution is -0.137. The zero-order valence-electron chi connectivity index (χ0n) is 11.2. The molecule has 98 valence electrons. The summed E-state index contributed by atoms with van der Waals surface area (Å²) in [5.74, 6) is 0.0132. The molecule has 0 atom stereocenters. The van der Waals surface area contributed by atoms with E-state index in [9.17, 15) is 9.59 Å². The summed E-state index contributed by atoms with van der Waals surface area (Å²) >= 11 is 0. The van der Waals surface area contributed by atoms with Crippen molar-refractivity contribution in [2.75, 3.05) is 13.1 Å². The standard InChI is InChI=1S/C13H24N2O2/c1-4-5-6-7-9-15-10-8-11(16)14-13(2,3)12(15)17/h4-10H2,1-3H3,(H,14,16). The molecule has 0 aromatic heterocycles. The average molecular weight is 240 g/mol. The SMILES string of the molecule is CCCCCCN1CCC(=O)NC(C)(C)C1=O. The second kappa shape index (κ2) is 6.03. The Balaban J connectivity index is 2.52. The Morgan fingerprint density at radius 2 is 1.94 bits per heavy atom. The molecule has 0 saturated carbocycles. The van der Waals surface area contributed by atoms with Crippen molar-refractivity contribution in [2.45, 2.75) is 58.4 Å². The molecule has 0 radical (unpaired) electrons. The number of carbonyl (C=O) groups is 2. The molecule has 17 heavy (non-hydrogen) atoms. The highest BCUT2D eigenvalue weighted by Crippen LogP contribution is 2.14. The van der Waals surface area contributed by atoms with Crippen LogP contribution in [0, 0.1) is 0 Å². The van der Waals surface area contributed by atoms with E-state index in [1.807, 2.05) is 4.90 Å². The van der Waals surface area contributed by atoms with E-state index < -0.39 is 5.54 Å². The summed E-state index contributed by atoms with van der Waals surface area (Å²) in [5.41, 5.74) is -0.752. The molecule has 1 saturated heterocycles. The topological polar surface area (TPSA) is 49.4 Å². The fourth-order valence-electron chi connectivity index (χ4n) is 2.14. The van der Waals surface area contributed by atoms with Crippen LogP contribution in [0.15, 0.2) is 0 Å². The van der Waals surface area contributed by atoms with Gasteiger partial charge in [0.1, 0.15) is 5.54 Å². The van der Waals surface area contributed by atoms with E-state index in [1.54, 1.807) is 13.8 Å². The maximum atomic E-state index is 12.2. The normalized spacial score (nSPS) is 20.1. The second-order valence-corrected chi connectivity index (χ2v) is 5.28. The van der Waals surface area contributed by atoms with Gasteiger partial charge in [0.2, 0.25) is 11.8 Å². The van der Waals surface area contributed by atoms with E-state index in [1.165, 1.54) is 12.8 Å². The summed E-state index contributed by atoms with van der Waals surface area (Å²) in [5, 5.41) is 2.77. The van der Waals surface area contributed by atoms with Gasteiger partial charge < -0.3 is 10.2 Å². The number of nitrogens with zero attached hydrogens (tertiary/aromatic N) is 1. The Bertz CT molecular complexity index is 287. The fraction of sp³-hybridized carbons (Fsp3) is 0.846. The molecule has 0 aromatic carbocycles. The lowest BCUT2D eigenvalue weighted by atomic mass is 10.0. The first-order chi connectivity index (χ1) is 7.97. The first kappa shape index (κ1) is 14.0. The van der Waals surface area contributed by atoms with Gasteiger partial charge in [0.25, 0.3) is 0 Å². The van der Waals surface area contributed by atoms with Gasteiger partial charge in [-0.2, -0.15) is 0 Å². The van der Waals surface area contributed by atoms with Gasteiger partial charge >= 0.3 is 0 Å². The molecule has 1 heterocycles. The Morgan fingerprint density at radius 1 is 1.24 bits per heavy atom. The molecule has 0 unspecified atom stereocenters. The number of carbonyl (C=O) groups excluding carboxylic acids is 2. The summed E-state index contributed by atoms with van der Waals surface area (Å²) in [6.07, 6.45) is 5.01. The molecule has 4 heteroatoms. The molecular weight excluding hydrogens is 216 g/mol. The largest absolute Gasteiger partial charge is 0.342 e.